The van der Waals surface area contributed by atoms with E-state index in [2.05, 4.69) is 10.2 Å². The summed E-state index contributed by atoms with van der Waals surface area (Å²) in [6.07, 6.45) is 0. The van der Waals surface area contributed by atoms with Gasteiger partial charge in [-0.15, -0.1) is 10.2 Å². The molecule has 0 aliphatic heterocycles. The Kier molecular flexibility index (Phi) is 2.40. The fourth-order valence-corrected chi connectivity index (χ4v) is 2.47. The molecule has 0 spiro atoms. The zero-order chi connectivity index (χ0) is 9.19. The van der Waals surface area contributed by atoms with E-state index in [1.165, 1.54) is 0 Å². The number of sulfone groups is 1. The van der Waals surface area contributed by atoms with Crippen LogP contribution < -0.4 is 0 Å². The zero-order valence-electron chi connectivity index (χ0n) is 6.18. The highest BCUT2D eigenvalue weighted by Gasteiger charge is 2.18. The summed E-state index contributed by atoms with van der Waals surface area (Å²) in [4.78, 5) is 0. The van der Waals surface area contributed by atoms with Crippen molar-refractivity contribution >= 4 is 21.2 Å². The number of nitrogens with zero attached hydrogens (tertiary/aromatic N) is 3. The molecule has 0 bridgehead atoms. The largest absolute Gasteiger partial charge is 0.233 e. The summed E-state index contributed by atoms with van der Waals surface area (Å²) in [5.41, 5.74) is 0. The van der Waals surface area contributed by atoms with Gasteiger partial charge in [-0.05, 0) is 6.92 Å². The van der Waals surface area contributed by atoms with E-state index in [4.69, 9.17) is 5.26 Å². The van der Waals surface area contributed by atoms with E-state index in [0.29, 0.717) is 5.01 Å². The Bertz CT molecular complexity index is 414. The van der Waals surface area contributed by atoms with Gasteiger partial charge in [0.05, 0.1) is 6.07 Å². The van der Waals surface area contributed by atoms with Crippen molar-refractivity contribution in [2.24, 2.45) is 0 Å². The second kappa shape index (κ2) is 3.16. The zero-order valence-corrected chi connectivity index (χ0v) is 7.81. The molecule has 64 valence electrons. The molecule has 0 N–H and O–H groups in total. The van der Waals surface area contributed by atoms with Crippen LogP contribution in [0.3, 0.4) is 0 Å². The van der Waals surface area contributed by atoms with Crippen LogP contribution in [0, 0.1) is 18.3 Å². The Morgan fingerprint density at radius 3 is 2.67 bits per heavy atom. The van der Waals surface area contributed by atoms with E-state index < -0.39 is 15.6 Å². The summed E-state index contributed by atoms with van der Waals surface area (Å²) in [5, 5.41) is 15.8. The second-order valence-electron chi connectivity index (χ2n) is 2.00. The first-order valence-corrected chi connectivity index (χ1v) is 5.43. The fraction of sp³-hybridized carbons (Fsp3) is 0.400. The molecular weight excluding hydrogens is 198 g/mol. The van der Waals surface area contributed by atoms with Gasteiger partial charge in [-0.1, -0.05) is 11.3 Å². The van der Waals surface area contributed by atoms with E-state index in [0.717, 1.165) is 11.3 Å². The van der Waals surface area contributed by atoms with E-state index >= 15 is 0 Å². The monoisotopic (exact) mass is 203 g/mol. The van der Waals surface area contributed by atoms with Crippen LogP contribution in [0.4, 0.5) is 0 Å². The van der Waals surface area contributed by atoms with Gasteiger partial charge in [-0.25, -0.2) is 8.42 Å². The van der Waals surface area contributed by atoms with Crippen LogP contribution >= 0.6 is 11.3 Å². The summed E-state index contributed by atoms with van der Waals surface area (Å²) in [6, 6.07) is 1.57. The van der Waals surface area contributed by atoms with Gasteiger partial charge in [-0.3, -0.25) is 0 Å². The Labute approximate surface area is 73.6 Å². The minimum Gasteiger partial charge on any atom is -0.220 e. The third kappa shape index (κ3) is 1.78. The Hall–Kier alpha value is -1.00. The number of hydrogen-bond donors (Lipinski definition) is 0. The average molecular weight is 203 g/mol. The van der Waals surface area contributed by atoms with Gasteiger partial charge in [0.25, 0.3) is 0 Å². The average Bonchev–Trinajstić information content (AvgIpc) is 2.36. The van der Waals surface area contributed by atoms with Crippen LogP contribution in [0.1, 0.15) is 5.01 Å². The molecule has 5 nitrogen and oxygen atoms in total. The molecule has 0 aliphatic rings. The molecule has 0 aromatic carbocycles. The Morgan fingerprint density at radius 1 is 1.58 bits per heavy atom. The molecule has 0 saturated carbocycles. The van der Waals surface area contributed by atoms with Crippen molar-refractivity contribution in [3.8, 4) is 6.07 Å². The lowest BCUT2D eigenvalue weighted by atomic mass is 10.9. The molecule has 0 amide bonds. The maximum atomic E-state index is 11.1. The maximum Gasteiger partial charge on any atom is 0.233 e. The normalized spacial score (nSPS) is 11.0. The lowest BCUT2D eigenvalue weighted by molar-refractivity contribution is 0.597. The molecule has 12 heavy (non-hydrogen) atoms. The van der Waals surface area contributed by atoms with Crippen LogP contribution in [0.2, 0.25) is 0 Å². The minimum atomic E-state index is -3.51. The van der Waals surface area contributed by atoms with Crippen molar-refractivity contribution in [1.82, 2.24) is 10.2 Å². The van der Waals surface area contributed by atoms with Crippen LogP contribution in [0.5, 0.6) is 0 Å². The fourth-order valence-electron chi connectivity index (χ4n) is 0.551. The molecule has 7 heteroatoms. The maximum absolute atomic E-state index is 11.1. The predicted molar refractivity (Wildman–Crippen MR) is 42.3 cm³/mol. The van der Waals surface area contributed by atoms with Crippen LogP contribution in [0.15, 0.2) is 4.34 Å². The SMILES string of the molecule is Cc1nnc(S(=O)(=O)CC#N)s1. The van der Waals surface area contributed by atoms with Gasteiger partial charge in [0.1, 0.15) is 10.8 Å². The van der Waals surface area contributed by atoms with Crippen molar-refractivity contribution in [2.75, 3.05) is 5.75 Å². The molecule has 1 rings (SSSR count). The van der Waals surface area contributed by atoms with Gasteiger partial charge >= 0.3 is 0 Å². The molecule has 1 heterocycles. The number of hydrogen-bond acceptors (Lipinski definition) is 6. The van der Waals surface area contributed by atoms with Crippen LogP contribution in [-0.4, -0.2) is 24.4 Å². The topological polar surface area (TPSA) is 83.7 Å². The molecule has 0 fully saturated rings. The number of aryl methyl sites for hydroxylation is 1. The summed E-state index contributed by atoms with van der Waals surface area (Å²) >= 11 is 0.973. The molecule has 0 radical (unpaired) electrons. The highest BCUT2D eigenvalue weighted by molar-refractivity contribution is 7.93. The predicted octanol–water partition coefficient (Wildman–Crippen LogP) is 0.144. The van der Waals surface area contributed by atoms with E-state index in [-0.39, 0.29) is 4.34 Å². The van der Waals surface area contributed by atoms with Crippen molar-refractivity contribution < 1.29 is 8.42 Å². The quantitative estimate of drug-likeness (QED) is 0.682. The number of nitriles is 1. The van der Waals surface area contributed by atoms with E-state index in [1.54, 1.807) is 13.0 Å². The van der Waals surface area contributed by atoms with Crippen molar-refractivity contribution in [3.05, 3.63) is 5.01 Å². The standard InChI is InChI=1S/C5H5N3O2S2/c1-4-7-8-5(11-4)12(9,10)3-2-6/h3H2,1H3. The van der Waals surface area contributed by atoms with Gasteiger partial charge in [0.2, 0.25) is 14.2 Å². The van der Waals surface area contributed by atoms with Crippen molar-refractivity contribution in [1.29, 1.82) is 5.26 Å². The Balaban J connectivity index is 3.08. The summed E-state index contributed by atoms with van der Waals surface area (Å²) in [5.74, 6) is -0.540. The summed E-state index contributed by atoms with van der Waals surface area (Å²) in [6.45, 7) is 1.66. The van der Waals surface area contributed by atoms with Crippen molar-refractivity contribution in [3.63, 3.8) is 0 Å². The smallest absolute Gasteiger partial charge is 0.220 e. The molecule has 0 unspecified atom stereocenters. The van der Waals surface area contributed by atoms with Gasteiger partial charge in [-0.2, -0.15) is 5.26 Å². The first-order chi connectivity index (χ1) is 5.56. The highest BCUT2D eigenvalue weighted by Crippen LogP contribution is 2.15. The van der Waals surface area contributed by atoms with E-state index in [1.807, 2.05) is 0 Å². The molecule has 0 saturated heterocycles. The molecule has 0 aliphatic carbocycles. The molecular formula is C5H5N3O2S2. The first-order valence-electron chi connectivity index (χ1n) is 2.96. The number of aromatic nitrogens is 2. The molecule has 0 atom stereocenters. The second-order valence-corrected chi connectivity index (χ2v) is 5.35. The summed E-state index contributed by atoms with van der Waals surface area (Å²) < 4.78 is 22.2. The lowest BCUT2D eigenvalue weighted by Crippen LogP contribution is -2.04. The van der Waals surface area contributed by atoms with Crippen LogP contribution in [-0.2, 0) is 9.84 Å². The molecule has 1 aromatic heterocycles. The minimum absolute atomic E-state index is 0.0819. The van der Waals surface area contributed by atoms with Gasteiger partial charge in [0, 0.05) is 0 Å². The third-order valence-electron chi connectivity index (χ3n) is 1.03. The van der Waals surface area contributed by atoms with Gasteiger partial charge in [0.15, 0.2) is 0 Å². The van der Waals surface area contributed by atoms with Crippen molar-refractivity contribution in [2.45, 2.75) is 11.3 Å². The first kappa shape index (κ1) is 9.09. The third-order valence-corrected chi connectivity index (χ3v) is 3.80. The van der Waals surface area contributed by atoms with Gasteiger partial charge < -0.3 is 0 Å². The number of rotatable bonds is 2. The summed E-state index contributed by atoms with van der Waals surface area (Å²) in [7, 11) is -3.51. The van der Waals surface area contributed by atoms with E-state index in [9.17, 15) is 8.42 Å². The lowest BCUT2D eigenvalue weighted by Gasteiger charge is -1.88. The highest BCUT2D eigenvalue weighted by atomic mass is 32.2. The van der Waals surface area contributed by atoms with Crippen LogP contribution in [0.25, 0.3) is 0 Å². The Morgan fingerprint density at radius 2 is 2.25 bits per heavy atom. The molecule has 1 aromatic rings.